The van der Waals surface area contributed by atoms with Gasteiger partial charge in [-0.05, 0) is 13.5 Å². The molecule has 7 nitrogen and oxygen atoms in total. The second-order valence-electron chi connectivity index (χ2n) is 4.21. The Balaban J connectivity index is 2.24. The second-order valence-corrected chi connectivity index (χ2v) is 6.78. The number of thiazole rings is 1. The summed E-state index contributed by atoms with van der Waals surface area (Å²) >= 11 is 1.43. The highest BCUT2D eigenvalue weighted by molar-refractivity contribution is 7.89. The first-order valence-corrected chi connectivity index (χ1v) is 8.53. The molecule has 2 aromatic rings. The van der Waals surface area contributed by atoms with E-state index in [1.807, 2.05) is 12.3 Å². The van der Waals surface area contributed by atoms with Gasteiger partial charge in [-0.15, -0.1) is 11.3 Å². The molecule has 110 valence electrons. The maximum absolute atomic E-state index is 12.4. The van der Waals surface area contributed by atoms with E-state index in [9.17, 15) is 8.42 Å². The van der Waals surface area contributed by atoms with Crippen molar-refractivity contribution in [3.05, 3.63) is 28.3 Å². The molecule has 2 rings (SSSR count). The topological polar surface area (TPSA) is 99.8 Å². The third-order valence-electron chi connectivity index (χ3n) is 2.77. The lowest BCUT2D eigenvalue weighted by atomic mass is 10.3. The second kappa shape index (κ2) is 6.44. The van der Waals surface area contributed by atoms with E-state index < -0.39 is 10.0 Å². The molecular formula is C11H17N5O2S2. The zero-order valence-corrected chi connectivity index (χ0v) is 12.9. The van der Waals surface area contributed by atoms with Gasteiger partial charge >= 0.3 is 0 Å². The van der Waals surface area contributed by atoms with Gasteiger partial charge < -0.3 is 5.32 Å². The van der Waals surface area contributed by atoms with Crippen molar-refractivity contribution in [2.75, 3.05) is 7.05 Å². The van der Waals surface area contributed by atoms with Crippen LogP contribution in [0.25, 0.3) is 0 Å². The van der Waals surface area contributed by atoms with Gasteiger partial charge in [0.05, 0.1) is 12.2 Å². The van der Waals surface area contributed by atoms with E-state index >= 15 is 0 Å². The lowest BCUT2D eigenvalue weighted by Gasteiger charge is -2.14. The molecule has 0 saturated carbocycles. The van der Waals surface area contributed by atoms with E-state index in [1.165, 1.54) is 17.5 Å². The molecule has 1 unspecified atom stereocenters. The van der Waals surface area contributed by atoms with E-state index in [0.29, 0.717) is 18.5 Å². The molecule has 0 amide bonds. The van der Waals surface area contributed by atoms with Crippen molar-refractivity contribution >= 4 is 21.4 Å². The number of hydrogen-bond acceptors (Lipinski definition) is 6. The van der Waals surface area contributed by atoms with Gasteiger partial charge in [-0.2, -0.15) is 9.82 Å². The average Bonchev–Trinajstić information content (AvgIpc) is 3.07. The maximum Gasteiger partial charge on any atom is 0.258 e. The molecule has 2 heterocycles. The molecule has 0 aliphatic heterocycles. The molecule has 0 aliphatic rings. The highest BCUT2D eigenvalue weighted by atomic mass is 32.2. The number of hydrogen-bond donors (Lipinski definition) is 3. The first kappa shape index (κ1) is 15.1. The summed E-state index contributed by atoms with van der Waals surface area (Å²) in [6, 6.07) is -0.328. The molecule has 20 heavy (non-hydrogen) atoms. The molecule has 0 fully saturated rings. The number of aromatic amines is 1. The lowest BCUT2D eigenvalue weighted by molar-refractivity contribution is 0.544. The van der Waals surface area contributed by atoms with Crippen LogP contribution >= 0.6 is 11.3 Å². The Morgan fingerprint density at radius 2 is 2.30 bits per heavy atom. The van der Waals surface area contributed by atoms with Crippen LogP contribution in [-0.4, -0.2) is 30.6 Å². The molecule has 0 aliphatic carbocycles. The fraction of sp³-hybridized carbons (Fsp3) is 0.455. The smallest absolute Gasteiger partial charge is 0.258 e. The molecule has 0 bridgehead atoms. The molecular weight excluding hydrogens is 298 g/mol. The van der Waals surface area contributed by atoms with Crippen molar-refractivity contribution in [2.24, 2.45) is 0 Å². The minimum Gasteiger partial charge on any atom is -0.316 e. The van der Waals surface area contributed by atoms with Crippen LogP contribution in [0.4, 0.5) is 0 Å². The predicted octanol–water partition coefficient (Wildman–Crippen LogP) is 1.02. The van der Waals surface area contributed by atoms with Crippen LogP contribution < -0.4 is 10.0 Å². The van der Waals surface area contributed by atoms with Gasteiger partial charge in [-0.1, -0.05) is 6.92 Å². The monoisotopic (exact) mass is 315 g/mol. The average molecular weight is 315 g/mol. The Morgan fingerprint density at radius 3 is 2.90 bits per heavy atom. The van der Waals surface area contributed by atoms with Crippen LogP contribution in [0.1, 0.15) is 30.0 Å². The Bertz CT molecular complexity index is 636. The van der Waals surface area contributed by atoms with Gasteiger partial charge in [0.25, 0.3) is 10.0 Å². The fourth-order valence-electron chi connectivity index (χ4n) is 1.81. The number of nitrogens with one attached hydrogen (secondary N) is 3. The van der Waals surface area contributed by atoms with Crippen molar-refractivity contribution in [1.29, 1.82) is 0 Å². The Morgan fingerprint density at radius 1 is 1.50 bits per heavy atom. The van der Waals surface area contributed by atoms with Gasteiger partial charge in [-0.25, -0.2) is 13.4 Å². The minimum atomic E-state index is -3.65. The van der Waals surface area contributed by atoms with Crippen LogP contribution in [-0.2, 0) is 16.6 Å². The summed E-state index contributed by atoms with van der Waals surface area (Å²) in [6.07, 6.45) is 3.80. The third kappa shape index (κ3) is 3.23. The summed E-state index contributed by atoms with van der Waals surface area (Å²) in [5, 5.41) is 12.0. The predicted molar refractivity (Wildman–Crippen MR) is 76.8 cm³/mol. The van der Waals surface area contributed by atoms with Crippen molar-refractivity contribution in [3.8, 4) is 0 Å². The van der Waals surface area contributed by atoms with E-state index in [1.54, 1.807) is 13.2 Å². The SMILES string of the molecule is CCC(NS(=O)(=O)c1[nH]ncc1CNC)c1nccs1. The van der Waals surface area contributed by atoms with Crippen LogP contribution in [0.2, 0.25) is 0 Å². The highest BCUT2D eigenvalue weighted by Gasteiger charge is 2.25. The summed E-state index contributed by atoms with van der Waals surface area (Å²) in [5.41, 5.74) is 0.606. The molecule has 1 atom stereocenters. The quantitative estimate of drug-likeness (QED) is 0.708. The molecule has 0 spiro atoms. The summed E-state index contributed by atoms with van der Waals surface area (Å²) < 4.78 is 27.5. The third-order valence-corrected chi connectivity index (χ3v) is 5.14. The van der Waals surface area contributed by atoms with Crippen LogP contribution in [0.3, 0.4) is 0 Å². The summed E-state index contributed by atoms with van der Waals surface area (Å²) in [5.74, 6) is 0. The molecule has 0 saturated heterocycles. The van der Waals surface area contributed by atoms with E-state index in [0.717, 1.165) is 5.01 Å². The van der Waals surface area contributed by atoms with Crippen molar-refractivity contribution in [3.63, 3.8) is 0 Å². The van der Waals surface area contributed by atoms with E-state index in [-0.39, 0.29) is 11.1 Å². The molecule has 2 aromatic heterocycles. The summed E-state index contributed by atoms with van der Waals surface area (Å²) in [4.78, 5) is 4.17. The molecule has 9 heteroatoms. The Kier molecular flexibility index (Phi) is 4.86. The zero-order valence-electron chi connectivity index (χ0n) is 11.3. The zero-order chi connectivity index (χ0) is 14.6. The molecule has 0 aromatic carbocycles. The number of sulfonamides is 1. The summed E-state index contributed by atoms with van der Waals surface area (Å²) in [6.45, 7) is 2.34. The van der Waals surface area contributed by atoms with E-state index in [2.05, 4.69) is 25.2 Å². The van der Waals surface area contributed by atoms with Crippen molar-refractivity contribution in [1.82, 2.24) is 25.2 Å². The first-order valence-electron chi connectivity index (χ1n) is 6.17. The van der Waals surface area contributed by atoms with Gasteiger partial charge in [0.2, 0.25) is 0 Å². The highest BCUT2D eigenvalue weighted by Crippen LogP contribution is 2.22. The Labute approximate surface area is 121 Å². The van der Waals surface area contributed by atoms with Crippen LogP contribution in [0.15, 0.2) is 22.8 Å². The standard InChI is InChI=1S/C11H17N5O2S2/c1-3-9(10-13-4-5-19-10)16-20(17,18)11-8(6-12-2)7-14-15-11/h4-5,7,9,12,16H,3,6H2,1-2H3,(H,14,15). The molecule has 0 radical (unpaired) electrons. The maximum atomic E-state index is 12.4. The lowest BCUT2D eigenvalue weighted by Crippen LogP contribution is -2.29. The fourth-order valence-corrected chi connectivity index (χ4v) is 4.07. The van der Waals surface area contributed by atoms with Crippen LogP contribution in [0, 0.1) is 0 Å². The number of H-pyrrole nitrogens is 1. The van der Waals surface area contributed by atoms with Gasteiger partial charge in [0, 0.05) is 23.7 Å². The number of aromatic nitrogens is 3. The van der Waals surface area contributed by atoms with Gasteiger partial charge in [-0.3, -0.25) is 5.10 Å². The Hall–Kier alpha value is -1.29. The minimum absolute atomic E-state index is 0.0989. The molecule has 3 N–H and O–H groups in total. The van der Waals surface area contributed by atoms with Gasteiger partial charge in [0.1, 0.15) is 5.01 Å². The summed E-state index contributed by atoms with van der Waals surface area (Å²) in [7, 11) is -1.90. The van der Waals surface area contributed by atoms with E-state index in [4.69, 9.17) is 0 Å². The first-order chi connectivity index (χ1) is 9.58. The van der Waals surface area contributed by atoms with Crippen LogP contribution in [0.5, 0.6) is 0 Å². The number of rotatable bonds is 7. The van der Waals surface area contributed by atoms with Crippen molar-refractivity contribution in [2.45, 2.75) is 31.0 Å². The number of nitrogens with zero attached hydrogens (tertiary/aromatic N) is 2. The normalized spacial score (nSPS) is 13.5. The largest absolute Gasteiger partial charge is 0.316 e. The van der Waals surface area contributed by atoms with Gasteiger partial charge in [0.15, 0.2) is 5.03 Å². The van der Waals surface area contributed by atoms with Crippen molar-refractivity contribution < 1.29 is 8.42 Å².